The van der Waals surface area contributed by atoms with Crippen molar-refractivity contribution in [2.45, 2.75) is 0 Å². The molecule has 0 spiro atoms. The number of methoxy groups -OCH3 is 2. The Morgan fingerprint density at radius 3 is 1.31 bits per heavy atom. The molecule has 3 aromatic carbocycles. The van der Waals surface area contributed by atoms with E-state index in [2.05, 4.69) is 20.4 Å². The number of rotatable bonds is 4. The molecule has 3 heterocycles. The Morgan fingerprint density at radius 2 is 0.938 bits per heavy atom. The fraction of sp³-hybridized carbons (Fsp3) is 0.0833. The van der Waals surface area contributed by atoms with Gasteiger partial charge in [-0.15, -0.1) is 20.4 Å². The van der Waals surface area contributed by atoms with Crippen LogP contribution in [0.5, 0.6) is 11.5 Å². The van der Waals surface area contributed by atoms with E-state index in [1.165, 1.54) is 0 Å². The minimum absolute atomic E-state index is 0.688. The Balaban J connectivity index is 1.72. The van der Waals surface area contributed by atoms with Gasteiger partial charge in [0.25, 0.3) is 0 Å². The van der Waals surface area contributed by atoms with Crippen LogP contribution in [0.15, 0.2) is 72.8 Å². The van der Waals surface area contributed by atoms with Crippen molar-refractivity contribution in [1.82, 2.24) is 29.4 Å². The first kappa shape index (κ1) is 18.3. The summed E-state index contributed by atoms with van der Waals surface area (Å²) in [6, 6.07) is 23.5. The van der Waals surface area contributed by atoms with Crippen molar-refractivity contribution in [3.63, 3.8) is 0 Å². The molecule has 0 amide bonds. The Bertz CT molecular complexity index is 1460. The molecule has 6 aromatic rings. The molecule has 0 aliphatic heterocycles. The number of fused-ring (bicyclic) bond motifs is 6. The maximum Gasteiger partial charge on any atom is 0.184 e. The number of benzene rings is 3. The SMILES string of the molecule is COc1ccc(-c2nnc3c4ccccc4c4nnc(-c5ccc(OC)cc5)n4n23)cc1. The second-order valence-corrected chi connectivity index (χ2v) is 7.32. The van der Waals surface area contributed by atoms with Gasteiger partial charge in [-0.25, -0.2) is 9.03 Å². The van der Waals surface area contributed by atoms with E-state index in [9.17, 15) is 0 Å². The first-order valence-electron chi connectivity index (χ1n) is 10.1. The van der Waals surface area contributed by atoms with E-state index in [4.69, 9.17) is 9.47 Å². The Morgan fingerprint density at radius 1 is 0.531 bits per heavy atom. The van der Waals surface area contributed by atoms with Gasteiger partial charge >= 0.3 is 0 Å². The van der Waals surface area contributed by atoms with Crippen LogP contribution < -0.4 is 9.47 Å². The Labute approximate surface area is 182 Å². The summed E-state index contributed by atoms with van der Waals surface area (Å²) in [6.45, 7) is 0. The highest BCUT2D eigenvalue weighted by molar-refractivity contribution is 6.02. The van der Waals surface area contributed by atoms with Crippen molar-refractivity contribution in [3.05, 3.63) is 72.8 Å². The van der Waals surface area contributed by atoms with Gasteiger partial charge in [-0.05, 0) is 48.5 Å². The van der Waals surface area contributed by atoms with Crippen molar-refractivity contribution >= 4 is 22.1 Å². The fourth-order valence-electron chi connectivity index (χ4n) is 3.99. The van der Waals surface area contributed by atoms with Crippen LogP contribution in [0.1, 0.15) is 0 Å². The maximum absolute atomic E-state index is 5.31. The number of nitrogens with zero attached hydrogens (tertiary/aromatic N) is 6. The van der Waals surface area contributed by atoms with Crippen molar-refractivity contribution < 1.29 is 9.47 Å². The molecule has 0 unspecified atom stereocenters. The summed E-state index contributed by atoms with van der Waals surface area (Å²) < 4.78 is 14.6. The normalized spacial score (nSPS) is 11.4. The minimum atomic E-state index is 0.688. The average Bonchev–Trinajstić information content (AvgIpc) is 3.49. The molecule has 32 heavy (non-hydrogen) atoms. The molecular weight excluding hydrogens is 404 g/mol. The molecule has 8 nitrogen and oxygen atoms in total. The van der Waals surface area contributed by atoms with E-state index in [-0.39, 0.29) is 0 Å². The van der Waals surface area contributed by atoms with Gasteiger partial charge in [0.1, 0.15) is 11.5 Å². The molecule has 6 rings (SSSR count). The molecule has 156 valence electrons. The lowest BCUT2D eigenvalue weighted by atomic mass is 10.1. The van der Waals surface area contributed by atoms with Crippen LogP contribution >= 0.6 is 0 Å². The molecule has 0 saturated heterocycles. The predicted molar refractivity (Wildman–Crippen MR) is 121 cm³/mol. The van der Waals surface area contributed by atoms with Crippen molar-refractivity contribution in [1.29, 1.82) is 0 Å². The lowest BCUT2D eigenvalue weighted by molar-refractivity contribution is 0.414. The summed E-state index contributed by atoms with van der Waals surface area (Å²) >= 11 is 0. The molecular formula is C24H18N6O2. The smallest absolute Gasteiger partial charge is 0.184 e. The summed E-state index contributed by atoms with van der Waals surface area (Å²) in [4.78, 5) is 0. The highest BCUT2D eigenvalue weighted by Gasteiger charge is 2.20. The third-order valence-corrected chi connectivity index (χ3v) is 5.59. The summed E-state index contributed by atoms with van der Waals surface area (Å²) in [7, 11) is 3.30. The summed E-state index contributed by atoms with van der Waals surface area (Å²) in [6.07, 6.45) is 0. The van der Waals surface area contributed by atoms with Gasteiger partial charge in [0.2, 0.25) is 0 Å². The predicted octanol–water partition coefficient (Wildman–Crippen LogP) is 4.28. The molecule has 3 aromatic heterocycles. The molecule has 8 heteroatoms. The average molecular weight is 422 g/mol. The van der Waals surface area contributed by atoms with E-state index >= 15 is 0 Å². The van der Waals surface area contributed by atoms with Crippen LogP contribution in [0.4, 0.5) is 0 Å². The van der Waals surface area contributed by atoms with Crippen LogP contribution in [-0.2, 0) is 0 Å². The monoisotopic (exact) mass is 422 g/mol. The zero-order chi connectivity index (χ0) is 21.7. The van der Waals surface area contributed by atoms with Crippen molar-refractivity contribution in [2.24, 2.45) is 0 Å². The zero-order valence-electron chi connectivity index (χ0n) is 17.4. The maximum atomic E-state index is 5.31. The van der Waals surface area contributed by atoms with Gasteiger partial charge in [0.05, 0.1) is 14.2 Å². The summed E-state index contributed by atoms with van der Waals surface area (Å²) in [5, 5.41) is 20.1. The molecule has 0 aliphatic carbocycles. The van der Waals surface area contributed by atoms with Crippen LogP contribution in [0.2, 0.25) is 0 Å². The van der Waals surface area contributed by atoms with Gasteiger partial charge < -0.3 is 9.47 Å². The molecule has 0 fully saturated rings. The van der Waals surface area contributed by atoms with Crippen LogP contribution in [0, 0.1) is 0 Å². The van der Waals surface area contributed by atoms with E-state index in [1.54, 1.807) is 14.2 Å². The molecule has 0 bridgehead atoms. The van der Waals surface area contributed by atoms with Gasteiger partial charge in [-0.3, -0.25) is 0 Å². The second-order valence-electron chi connectivity index (χ2n) is 7.32. The fourth-order valence-corrected chi connectivity index (χ4v) is 3.99. The first-order chi connectivity index (χ1) is 15.8. The molecule has 0 aliphatic rings. The van der Waals surface area contributed by atoms with Crippen LogP contribution in [-0.4, -0.2) is 43.6 Å². The second kappa shape index (κ2) is 7.05. The quantitative estimate of drug-likeness (QED) is 0.422. The Hall–Kier alpha value is -4.46. The third-order valence-electron chi connectivity index (χ3n) is 5.59. The molecule has 0 N–H and O–H groups in total. The van der Waals surface area contributed by atoms with E-state index in [0.717, 1.165) is 44.7 Å². The standard InChI is InChI=1S/C24H18N6O2/c1-31-17-11-7-15(8-12-17)21-25-27-23-19-5-3-4-6-20(19)24-28-26-22(30(24)29(21)23)16-9-13-18(32-2)14-10-16/h3-14H,1-2H3. The third kappa shape index (κ3) is 2.63. The largest absolute Gasteiger partial charge is 0.497 e. The van der Waals surface area contributed by atoms with Gasteiger partial charge in [0.15, 0.2) is 22.9 Å². The number of ether oxygens (including phenoxy) is 2. The van der Waals surface area contributed by atoms with Crippen molar-refractivity contribution in [2.75, 3.05) is 14.2 Å². The molecule has 0 saturated carbocycles. The van der Waals surface area contributed by atoms with Gasteiger partial charge in [0, 0.05) is 21.9 Å². The number of hydrogen-bond acceptors (Lipinski definition) is 6. The highest BCUT2D eigenvalue weighted by atomic mass is 16.5. The zero-order valence-corrected chi connectivity index (χ0v) is 17.4. The Kier molecular flexibility index (Phi) is 4.04. The minimum Gasteiger partial charge on any atom is -0.497 e. The topological polar surface area (TPSA) is 78.8 Å². The summed E-state index contributed by atoms with van der Waals surface area (Å²) in [5.74, 6) is 2.93. The lowest BCUT2D eigenvalue weighted by Gasteiger charge is -2.10. The molecule has 0 radical (unpaired) electrons. The van der Waals surface area contributed by atoms with E-state index in [1.807, 2.05) is 81.8 Å². The van der Waals surface area contributed by atoms with Crippen molar-refractivity contribution in [3.8, 4) is 34.3 Å². The van der Waals surface area contributed by atoms with Crippen LogP contribution in [0.25, 0.3) is 44.8 Å². The van der Waals surface area contributed by atoms with Gasteiger partial charge in [-0.1, -0.05) is 24.3 Å². The molecule has 0 atom stereocenters. The van der Waals surface area contributed by atoms with Gasteiger partial charge in [-0.2, -0.15) is 0 Å². The van der Waals surface area contributed by atoms with E-state index in [0.29, 0.717) is 11.6 Å². The first-order valence-corrected chi connectivity index (χ1v) is 10.1. The van der Waals surface area contributed by atoms with Crippen LogP contribution in [0.3, 0.4) is 0 Å². The van der Waals surface area contributed by atoms with E-state index < -0.39 is 0 Å². The number of hydrogen-bond donors (Lipinski definition) is 0. The summed E-state index contributed by atoms with van der Waals surface area (Å²) in [5.41, 5.74) is 3.27. The highest BCUT2D eigenvalue weighted by Crippen LogP contribution is 2.30. The number of aromatic nitrogens is 6. The lowest BCUT2D eigenvalue weighted by Crippen LogP contribution is -2.05.